The molecule has 0 spiro atoms. The summed E-state index contributed by atoms with van der Waals surface area (Å²) < 4.78 is 27.4. The number of halogens is 2. The first-order valence-electron chi connectivity index (χ1n) is 7.79. The van der Waals surface area contributed by atoms with Gasteiger partial charge in [-0.2, -0.15) is 0 Å². The van der Waals surface area contributed by atoms with Gasteiger partial charge < -0.3 is 5.32 Å². The van der Waals surface area contributed by atoms with Gasteiger partial charge in [-0.15, -0.1) is 0 Å². The standard InChI is InChI=1S/C19H14Cl2N2O3S/c20-14-6-11-18(17(21)12-14)23-27(25,26)16-9-7-15(8-10-16)22-19(24)13-4-2-1-3-5-13/h1-12,23H,(H,22,24). The molecule has 27 heavy (non-hydrogen) atoms. The van der Waals surface area contributed by atoms with Gasteiger partial charge in [0.15, 0.2) is 0 Å². The van der Waals surface area contributed by atoms with Crippen LogP contribution in [0.4, 0.5) is 11.4 Å². The minimum Gasteiger partial charge on any atom is -0.322 e. The summed E-state index contributed by atoms with van der Waals surface area (Å²) in [7, 11) is -3.84. The molecule has 0 fully saturated rings. The van der Waals surface area contributed by atoms with Crippen LogP contribution in [-0.4, -0.2) is 14.3 Å². The summed E-state index contributed by atoms with van der Waals surface area (Å²) in [6.07, 6.45) is 0. The van der Waals surface area contributed by atoms with Crippen LogP contribution in [-0.2, 0) is 10.0 Å². The average Bonchev–Trinajstić information content (AvgIpc) is 2.65. The molecule has 0 saturated heterocycles. The zero-order valence-corrected chi connectivity index (χ0v) is 16.1. The number of nitrogens with one attached hydrogen (secondary N) is 2. The monoisotopic (exact) mass is 420 g/mol. The quantitative estimate of drug-likeness (QED) is 0.606. The van der Waals surface area contributed by atoms with E-state index in [4.69, 9.17) is 23.2 Å². The Balaban J connectivity index is 1.75. The molecule has 2 N–H and O–H groups in total. The number of carbonyl (C=O) groups excluding carboxylic acids is 1. The van der Waals surface area contributed by atoms with E-state index in [1.54, 1.807) is 24.3 Å². The van der Waals surface area contributed by atoms with Crippen molar-refractivity contribution in [3.8, 4) is 0 Å². The second kappa shape index (κ2) is 8.00. The van der Waals surface area contributed by atoms with Crippen molar-refractivity contribution >= 4 is 50.5 Å². The molecule has 3 aromatic carbocycles. The zero-order chi connectivity index (χ0) is 19.4. The van der Waals surface area contributed by atoms with Crippen LogP contribution in [0.2, 0.25) is 10.0 Å². The maximum absolute atomic E-state index is 12.5. The Morgan fingerprint density at radius 2 is 1.52 bits per heavy atom. The van der Waals surface area contributed by atoms with E-state index in [0.717, 1.165) is 0 Å². The molecule has 0 heterocycles. The van der Waals surface area contributed by atoms with E-state index < -0.39 is 10.0 Å². The number of sulfonamides is 1. The Morgan fingerprint density at radius 1 is 0.852 bits per heavy atom. The van der Waals surface area contributed by atoms with Crippen LogP contribution < -0.4 is 10.0 Å². The Labute approximate surface area is 167 Å². The first-order chi connectivity index (χ1) is 12.8. The number of hydrogen-bond donors (Lipinski definition) is 2. The Kier molecular flexibility index (Phi) is 5.70. The van der Waals surface area contributed by atoms with Gasteiger partial charge in [0.25, 0.3) is 15.9 Å². The molecule has 3 aromatic rings. The lowest BCUT2D eigenvalue weighted by Gasteiger charge is -2.11. The van der Waals surface area contributed by atoms with E-state index in [1.807, 2.05) is 6.07 Å². The van der Waals surface area contributed by atoms with Gasteiger partial charge in [-0.25, -0.2) is 8.42 Å². The Hall–Kier alpha value is -2.54. The van der Waals surface area contributed by atoms with Crippen molar-refractivity contribution in [1.82, 2.24) is 0 Å². The number of hydrogen-bond acceptors (Lipinski definition) is 3. The SMILES string of the molecule is O=C(Nc1ccc(S(=O)(=O)Nc2ccc(Cl)cc2Cl)cc1)c1ccccc1. The number of rotatable bonds is 5. The van der Waals surface area contributed by atoms with Crippen LogP contribution in [0.25, 0.3) is 0 Å². The number of carbonyl (C=O) groups is 1. The van der Waals surface area contributed by atoms with Crippen molar-refractivity contribution in [2.75, 3.05) is 10.0 Å². The first-order valence-corrected chi connectivity index (χ1v) is 10.0. The molecule has 0 bridgehead atoms. The zero-order valence-electron chi connectivity index (χ0n) is 13.8. The van der Waals surface area contributed by atoms with Crippen LogP contribution in [0.3, 0.4) is 0 Å². The normalized spacial score (nSPS) is 11.0. The van der Waals surface area contributed by atoms with E-state index in [2.05, 4.69) is 10.0 Å². The van der Waals surface area contributed by atoms with Crippen molar-refractivity contribution in [1.29, 1.82) is 0 Å². The van der Waals surface area contributed by atoms with Gasteiger partial charge in [-0.3, -0.25) is 9.52 Å². The van der Waals surface area contributed by atoms with Crippen molar-refractivity contribution in [3.63, 3.8) is 0 Å². The second-order valence-corrected chi connectivity index (χ2v) is 8.10. The molecule has 0 atom stereocenters. The van der Waals surface area contributed by atoms with Crippen molar-refractivity contribution in [2.45, 2.75) is 4.90 Å². The molecule has 0 aliphatic rings. The molecule has 0 aromatic heterocycles. The van der Waals surface area contributed by atoms with Gasteiger partial charge in [-0.1, -0.05) is 41.4 Å². The Bertz CT molecular complexity index is 1070. The molecule has 0 unspecified atom stereocenters. The highest BCUT2D eigenvalue weighted by Gasteiger charge is 2.16. The van der Waals surface area contributed by atoms with Crippen LogP contribution >= 0.6 is 23.2 Å². The summed E-state index contributed by atoms with van der Waals surface area (Å²) >= 11 is 11.8. The average molecular weight is 421 g/mol. The fourth-order valence-corrected chi connectivity index (χ4v) is 3.88. The molecule has 1 amide bonds. The van der Waals surface area contributed by atoms with Crippen molar-refractivity contribution < 1.29 is 13.2 Å². The molecule has 138 valence electrons. The summed E-state index contributed by atoms with van der Waals surface area (Å²) in [6.45, 7) is 0. The smallest absolute Gasteiger partial charge is 0.261 e. The lowest BCUT2D eigenvalue weighted by molar-refractivity contribution is 0.102. The van der Waals surface area contributed by atoms with Crippen molar-refractivity contribution in [3.05, 3.63) is 88.4 Å². The van der Waals surface area contributed by atoms with Crippen LogP contribution in [0.5, 0.6) is 0 Å². The maximum atomic E-state index is 12.5. The van der Waals surface area contributed by atoms with E-state index in [9.17, 15) is 13.2 Å². The minimum absolute atomic E-state index is 0.0335. The van der Waals surface area contributed by atoms with Crippen LogP contribution in [0.15, 0.2) is 77.7 Å². The van der Waals surface area contributed by atoms with Gasteiger partial charge >= 0.3 is 0 Å². The molecule has 5 nitrogen and oxygen atoms in total. The second-order valence-electron chi connectivity index (χ2n) is 5.57. The van der Waals surface area contributed by atoms with E-state index >= 15 is 0 Å². The first kappa shape index (κ1) is 19.2. The maximum Gasteiger partial charge on any atom is 0.261 e. The lowest BCUT2D eigenvalue weighted by atomic mass is 10.2. The summed E-state index contributed by atoms with van der Waals surface area (Å²) in [5, 5.41) is 3.31. The topological polar surface area (TPSA) is 75.3 Å². The molecule has 0 aliphatic carbocycles. The molecular formula is C19H14Cl2N2O3S. The molecule has 3 rings (SSSR count). The molecule has 8 heteroatoms. The third-order valence-corrected chi connectivity index (χ3v) is 5.56. The minimum atomic E-state index is -3.84. The molecule has 0 aliphatic heterocycles. The predicted octanol–water partition coefficient (Wildman–Crippen LogP) is 5.05. The van der Waals surface area contributed by atoms with E-state index in [-0.39, 0.29) is 21.5 Å². The van der Waals surface area contributed by atoms with E-state index in [0.29, 0.717) is 16.3 Å². The van der Waals surface area contributed by atoms with Gasteiger partial charge in [-0.05, 0) is 54.6 Å². The summed E-state index contributed by atoms with van der Waals surface area (Å²) in [6, 6.07) is 19.0. The third kappa shape index (κ3) is 4.80. The summed E-state index contributed by atoms with van der Waals surface area (Å²) in [5.41, 5.74) is 1.21. The molecule has 0 saturated carbocycles. The molecular weight excluding hydrogens is 407 g/mol. The summed E-state index contributed by atoms with van der Waals surface area (Å²) in [4.78, 5) is 12.2. The van der Waals surface area contributed by atoms with Crippen LogP contribution in [0, 0.1) is 0 Å². The van der Waals surface area contributed by atoms with Gasteiger partial charge in [0, 0.05) is 16.3 Å². The van der Waals surface area contributed by atoms with Crippen molar-refractivity contribution in [2.24, 2.45) is 0 Å². The fraction of sp³-hybridized carbons (Fsp3) is 0. The predicted molar refractivity (Wildman–Crippen MR) is 108 cm³/mol. The number of benzene rings is 3. The third-order valence-electron chi connectivity index (χ3n) is 3.63. The summed E-state index contributed by atoms with van der Waals surface area (Å²) in [5.74, 6) is -0.280. The van der Waals surface area contributed by atoms with E-state index in [1.165, 1.54) is 42.5 Å². The number of anilines is 2. The highest BCUT2D eigenvalue weighted by molar-refractivity contribution is 7.92. The number of amides is 1. The largest absolute Gasteiger partial charge is 0.322 e. The highest BCUT2D eigenvalue weighted by Crippen LogP contribution is 2.27. The van der Waals surface area contributed by atoms with Gasteiger partial charge in [0.1, 0.15) is 0 Å². The fourth-order valence-electron chi connectivity index (χ4n) is 2.29. The van der Waals surface area contributed by atoms with Gasteiger partial charge in [0.05, 0.1) is 15.6 Å². The Morgan fingerprint density at radius 3 is 2.15 bits per heavy atom. The van der Waals surface area contributed by atoms with Gasteiger partial charge in [0.2, 0.25) is 0 Å². The van der Waals surface area contributed by atoms with Crippen LogP contribution in [0.1, 0.15) is 10.4 Å². The highest BCUT2D eigenvalue weighted by atomic mass is 35.5. The molecule has 0 radical (unpaired) electrons. The lowest BCUT2D eigenvalue weighted by Crippen LogP contribution is -2.14.